The molecule has 5 heterocycles. The molecular formula is C42H52F3N5O3Si. The number of aromatic hydroxyl groups is 1. The van der Waals surface area contributed by atoms with Gasteiger partial charge in [-0.2, -0.15) is 9.97 Å². The van der Waals surface area contributed by atoms with E-state index in [2.05, 4.69) is 72.8 Å². The smallest absolute Gasteiger partial charge is 0.319 e. The predicted octanol–water partition coefficient (Wildman–Crippen LogP) is 8.97. The van der Waals surface area contributed by atoms with Gasteiger partial charge >= 0.3 is 6.01 Å². The second kappa shape index (κ2) is 15.0. The summed E-state index contributed by atoms with van der Waals surface area (Å²) in [6, 6.07) is 5.78. The Labute approximate surface area is 317 Å². The minimum absolute atomic E-state index is 0.00910. The van der Waals surface area contributed by atoms with Crippen LogP contribution < -0.4 is 9.64 Å². The maximum absolute atomic E-state index is 17.3. The van der Waals surface area contributed by atoms with Crippen LogP contribution in [0.3, 0.4) is 0 Å². The number of ether oxygens (including phenoxy) is 2. The summed E-state index contributed by atoms with van der Waals surface area (Å²) >= 11 is 0. The van der Waals surface area contributed by atoms with Gasteiger partial charge in [-0.1, -0.05) is 53.5 Å². The van der Waals surface area contributed by atoms with Gasteiger partial charge in [-0.25, -0.2) is 13.2 Å². The molecule has 0 amide bonds. The average molecular weight is 760 g/mol. The second-order valence-corrected chi connectivity index (χ2v) is 22.1. The number of benzene rings is 2. The monoisotopic (exact) mass is 759 g/mol. The molecule has 0 radical (unpaired) electrons. The molecule has 12 heteroatoms. The van der Waals surface area contributed by atoms with Crippen molar-refractivity contribution in [1.82, 2.24) is 19.9 Å². The van der Waals surface area contributed by atoms with E-state index in [1.165, 1.54) is 18.2 Å². The normalized spacial score (nSPS) is 22.4. The standard InChI is InChI=1S/C42H52F3N5O3Si/c1-25(2)54(26(3)4,27(5)6)17-12-32-35(44)11-10-29-18-31(51)19-33(36(29)32)38-37(45)39-34(21-46-38)40(50-15-9-16-52-23-28(50)7)48-41(47-39)53-24-42-13-8-14-49(42)22-30(43)20-42/h10-11,18-19,21,25-28,30,51H,8-9,13-16,20,22-24H2,1-7H3/t28?,30-,42+/m1/s1. The number of halogens is 3. The van der Waals surface area contributed by atoms with Gasteiger partial charge in [0.25, 0.3) is 0 Å². The van der Waals surface area contributed by atoms with Gasteiger partial charge in [0.15, 0.2) is 5.82 Å². The first-order valence-corrected chi connectivity index (χ1v) is 21.7. The highest BCUT2D eigenvalue weighted by Crippen LogP contribution is 2.43. The molecule has 3 aliphatic rings. The van der Waals surface area contributed by atoms with Crippen LogP contribution in [0.4, 0.5) is 19.0 Å². The third kappa shape index (κ3) is 6.70. The molecule has 0 spiro atoms. The maximum atomic E-state index is 17.3. The van der Waals surface area contributed by atoms with E-state index < -0.39 is 31.4 Å². The van der Waals surface area contributed by atoms with Crippen molar-refractivity contribution in [3.05, 3.63) is 47.7 Å². The highest BCUT2D eigenvalue weighted by Gasteiger charge is 2.49. The van der Waals surface area contributed by atoms with Gasteiger partial charge in [0.1, 0.15) is 49.4 Å². The fourth-order valence-electron chi connectivity index (χ4n) is 9.69. The summed E-state index contributed by atoms with van der Waals surface area (Å²) < 4.78 is 60.1. The van der Waals surface area contributed by atoms with Crippen molar-refractivity contribution in [3.63, 3.8) is 0 Å². The summed E-state index contributed by atoms with van der Waals surface area (Å²) in [5.41, 5.74) is 4.37. The number of aromatic nitrogens is 3. The molecule has 54 heavy (non-hydrogen) atoms. The molecule has 0 aliphatic carbocycles. The van der Waals surface area contributed by atoms with Crippen molar-refractivity contribution in [2.75, 3.05) is 44.4 Å². The van der Waals surface area contributed by atoms with Crippen molar-refractivity contribution in [2.24, 2.45) is 0 Å². The topological polar surface area (TPSA) is 83.8 Å². The lowest BCUT2D eigenvalue weighted by molar-refractivity contribution is 0.107. The lowest BCUT2D eigenvalue weighted by Gasteiger charge is -2.38. The zero-order chi connectivity index (χ0) is 38.5. The van der Waals surface area contributed by atoms with E-state index in [1.54, 1.807) is 12.3 Å². The molecule has 8 nitrogen and oxygen atoms in total. The van der Waals surface area contributed by atoms with Gasteiger partial charge in [-0.05, 0) is 72.9 Å². The Morgan fingerprint density at radius 3 is 2.56 bits per heavy atom. The number of rotatable bonds is 8. The van der Waals surface area contributed by atoms with Crippen LogP contribution in [-0.2, 0) is 4.74 Å². The van der Waals surface area contributed by atoms with Crippen LogP contribution in [0.5, 0.6) is 11.8 Å². The van der Waals surface area contributed by atoms with Gasteiger partial charge in [0.2, 0.25) is 0 Å². The van der Waals surface area contributed by atoms with Crippen LogP contribution in [0.2, 0.25) is 16.6 Å². The van der Waals surface area contributed by atoms with E-state index in [0.29, 0.717) is 71.3 Å². The number of fused-ring (bicyclic) bond motifs is 3. The fourth-order valence-corrected chi connectivity index (χ4v) is 14.9. The molecular weight excluding hydrogens is 708 g/mol. The molecule has 2 aromatic carbocycles. The minimum atomic E-state index is -2.28. The molecule has 3 aliphatic heterocycles. The molecule has 3 saturated heterocycles. The van der Waals surface area contributed by atoms with Gasteiger partial charge in [-0.3, -0.25) is 9.88 Å². The second-order valence-electron chi connectivity index (χ2n) is 16.5. The highest BCUT2D eigenvalue weighted by atomic mass is 28.3. The molecule has 0 bridgehead atoms. The molecule has 1 N–H and O–H groups in total. The summed E-state index contributed by atoms with van der Waals surface area (Å²) in [7, 11) is -2.28. The molecule has 0 saturated carbocycles. The number of phenolic OH excluding ortho intramolecular Hbond substituents is 1. The summed E-state index contributed by atoms with van der Waals surface area (Å²) in [6.07, 6.45) is 3.49. The van der Waals surface area contributed by atoms with E-state index in [4.69, 9.17) is 14.5 Å². The predicted molar refractivity (Wildman–Crippen MR) is 211 cm³/mol. The van der Waals surface area contributed by atoms with Crippen LogP contribution in [0.1, 0.15) is 79.7 Å². The summed E-state index contributed by atoms with van der Waals surface area (Å²) in [4.78, 5) is 18.4. The first-order valence-electron chi connectivity index (χ1n) is 19.5. The Morgan fingerprint density at radius 2 is 1.81 bits per heavy atom. The number of alkyl halides is 1. The fraction of sp³-hybridized carbons (Fsp3) is 0.548. The quantitative estimate of drug-likeness (QED) is 0.141. The van der Waals surface area contributed by atoms with Gasteiger partial charge < -0.3 is 19.5 Å². The van der Waals surface area contributed by atoms with E-state index >= 15 is 8.78 Å². The molecule has 4 aromatic rings. The molecule has 3 fully saturated rings. The summed E-state index contributed by atoms with van der Waals surface area (Å²) in [5.74, 6) is 2.35. The van der Waals surface area contributed by atoms with Crippen molar-refractivity contribution in [3.8, 4) is 34.5 Å². The summed E-state index contributed by atoms with van der Waals surface area (Å²) in [5, 5.41) is 12.2. The average Bonchev–Trinajstić information content (AvgIpc) is 3.55. The Bertz CT molecular complexity index is 2100. The SMILES string of the molecule is CC1COCCCN1c1nc(OC[C@@]23CCCN2C[C@H](F)C3)nc2c(F)c(-c3cc(O)cc4ccc(F)c(C#C[Si](C(C)C)(C(C)C)C(C)C)c34)ncc12. The third-order valence-corrected chi connectivity index (χ3v) is 18.6. The highest BCUT2D eigenvalue weighted by molar-refractivity contribution is 6.90. The number of hydrogen-bond acceptors (Lipinski definition) is 8. The number of hydrogen-bond donors (Lipinski definition) is 1. The first-order chi connectivity index (χ1) is 25.8. The van der Waals surface area contributed by atoms with Gasteiger partial charge in [0.05, 0.1) is 29.1 Å². The molecule has 7 rings (SSSR count). The van der Waals surface area contributed by atoms with Crippen LogP contribution in [-0.4, -0.2) is 90.2 Å². The Hall–Kier alpha value is -3.92. The lowest BCUT2D eigenvalue weighted by atomic mass is 9.95. The van der Waals surface area contributed by atoms with Crippen LogP contribution in [0, 0.1) is 23.1 Å². The third-order valence-electron chi connectivity index (χ3n) is 12.3. The van der Waals surface area contributed by atoms with Gasteiger partial charge in [-0.15, -0.1) is 5.54 Å². The largest absolute Gasteiger partial charge is 0.508 e. The van der Waals surface area contributed by atoms with Crippen LogP contribution >= 0.6 is 0 Å². The van der Waals surface area contributed by atoms with E-state index in [-0.39, 0.29) is 46.7 Å². The van der Waals surface area contributed by atoms with E-state index in [9.17, 15) is 9.50 Å². The number of phenols is 1. The van der Waals surface area contributed by atoms with Crippen molar-refractivity contribution in [2.45, 2.75) is 109 Å². The zero-order valence-electron chi connectivity index (χ0n) is 32.5. The van der Waals surface area contributed by atoms with Crippen LogP contribution in [0.15, 0.2) is 30.5 Å². The molecule has 1 unspecified atom stereocenters. The van der Waals surface area contributed by atoms with E-state index in [0.717, 1.165) is 25.8 Å². The molecule has 2 aromatic heterocycles. The van der Waals surface area contributed by atoms with E-state index in [1.807, 2.05) is 6.92 Å². The zero-order valence-corrected chi connectivity index (χ0v) is 33.5. The molecule has 3 atom stereocenters. The maximum Gasteiger partial charge on any atom is 0.319 e. The number of anilines is 1. The van der Waals surface area contributed by atoms with Gasteiger partial charge in [0, 0.05) is 43.3 Å². The Balaban J connectivity index is 1.41. The van der Waals surface area contributed by atoms with Crippen molar-refractivity contribution in [1.29, 1.82) is 0 Å². The minimum Gasteiger partial charge on any atom is -0.508 e. The first kappa shape index (κ1) is 38.4. The van der Waals surface area contributed by atoms with Crippen molar-refractivity contribution >= 4 is 35.6 Å². The Kier molecular flexibility index (Phi) is 10.6. The number of nitrogens with zero attached hydrogens (tertiary/aromatic N) is 5. The van der Waals surface area contributed by atoms with Crippen molar-refractivity contribution < 1.29 is 27.8 Å². The lowest BCUT2D eigenvalue weighted by Crippen LogP contribution is -2.43. The Morgan fingerprint density at radius 1 is 1.06 bits per heavy atom. The molecule has 288 valence electrons. The number of pyridine rings is 1. The van der Waals surface area contributed by atoms with Crippen LogP contribution in [0.25, 0.3) is 32.9 Å². The summed E-state index contributed by atoms with van der Waals surface area (Å²) in [6.45, 7) is 18.2.